The minimum absolute atomic E-state index is 0.254. The number of ether oxygens (including phenoxy) is 1. The second-order valence-electron chi connectivity index (χ2n) is 5.53. The van der Waals surface area contributed by atoms with Crippen molar-refractivity contribution in [3.05, 3.63) is 40.8 Å². The van der Waals surface area contributed by atoms with E-state index in [-0.39, 0.29) is 10.6 Å². The normalized spacial score (nSPS) is 11.5. The van der Waals surface area contributed by atoms with E-state index >= 15 is 0 Å². The molecule has 2 rings (SSSR count). The highest BCUT2D eigenvalue weighted by Crippen LogP contribution is 2.34. The Balaban J connectivity index is 2.34. The maximum atomic E-state index is 13.3. The molecule has 3 nitrogen and oxygen atoms in total. The van der Waals surface area contributed by atoms with E-state index in [0.717, 1.165) is 23.5 Å². The number of rotatable bonds is 2. The largest absolute Gasteiger partial charge is 0.456 e. The van der Waals surface area contributed by atoms with Crippen LogP contribution < -0.4 is 5.73 Å². The Morgan fingerprint density at radius 2 is 1.86 bits per heavy atom. The predicted octanol–water partition coefficient (Wildman–Crippen LogP) is 4.23. The van der Waals surface area contributed by atoms with Crippen molar-refractivity contribution in [2.75, 3.05) is 5.73 Å². The minimum atomic E-state index is -0.946. The van der Waals surface area contributed by atoms with Crippen LogP contribution in [0.1, 0.15) is 30.4 Å². The summed E-state index contributed by atoms with van der Waals surface area (Å²) in [5, 5.41) is 0. The van der Waals surface area contributed by atoms with Gasteiger partial charge in [-0.15, -0.1) is 11.3 Å². The molecule has 0 aliphatic rings. The molecule has 0 atom stereocenters. The predicted molar refractivity (Wildman–Crippen MR) is 79.3 cm³/mol. The Hall–Kier alpha value is -1.95. The van der Waals surface area contributed by atoms with Gasteiger partial charge < -0.3 is 10.5 Å². The van der Waals surface area contributed by atoms with Crippen molar-refractivity contribution in [1.82, 2.24) is 0 Å². The number of halogens is 2. The molecule has 21 heavy (non-hydrogen) atoms. The molecule has 0 aliphatic carbocycles. The topological polar surface area (TPSA) is 52.3 Å². The van der Waals surface area contributed by atoms with Crippen LogP contribution in [0.25, 0.3) is 10.4 Å². The van der Waals surface area contributed by atoms with Crippen LogP contribution >= 0.6 is 11.3 Å². The van der Waals surface area contributed by atoms with Gasteiger partial charge in [0, 0.05) is 4.88 Å². The molecule has 1 aromatic heterocycles. The number of hydrogen-bond donors (Lipinski definition) is 1. The van der Waals surface area contributed by atoms with Crippen molar-refractivity contribution in [3.63, 3.8) is 0 Å². The monoisotopic (exact) mass is 311 g/mol. The van der Waals surface area contributed by atoms with Gasteiger partial charge in [-0.2, -0.15) is 0 Å². The molecule has 0 saturated heterocycles. The van der Waals surface area contributed by atoms with Gasteiger partial charge in [0.2, 0.25) is 0 Å². The number of anilines is 1. The standard InChI is InChI=1S/C15H15F2NO2S/c1-15(2,3)20-14(19)13-11(18)7-12(21-13)8-4-5-9(16)10(17)6-8/h4-7H,18H2,1-3H3. The first kappa shape index (κ1) is 15.4. The molecule has 0 aliphatic heterocycles. The van der Waals surface area contributed by atoms with Crippen LogP contribution in [-0.2, 0) is 4.74 Å². The van der Waals surface area contributed by atoms with Crippen molar-refractivity contribution in [2.24, 2.45) is 0 Å². The van der Waals surface area contributed by atoms with E-state index in [9.17, 15) is 13.6 Å². The summed E-state index contributed by atoms with van der Waals surface area (Å²) >= 11 is 1.09. The smallest absolute Gasteiger partial charge is 0.350 e. The summed E-state index contributed by atoms with van der Waals surface area (Å²) in [6.07, 6.45) is 0. The number of esters is 1. The SMILES string of the molecule is CC(C)(C)OC(=O)c1sc(-c2ccc(F)c(F)c2)cc1N. The van der Waals surface area contributed by atoms with Crippen LogP contribution in [0.5, 0.6) is 0 Å². The molecule has 0 spiro atoms. The van der Waals surface area contributed by atoms with Crippen molar-refractivity contribution < 1.29 is 18.3 Å². The minimum Gasteiger partial charge on any atom is -0.456 e. The maximum Gasteiger partial charge on any atom is 0.350 e. The Kier molecular flexibility index (Phi) is 4.00. The van der Waals surface area contributed by atoms with Gasteiger partial charge in [-0.3, -0.25) is 0 Å². The molecular formula is C15H15F2NO2S. The number of benzene rings is 1. The lowest BCUT2D eigenvalue weighted by atomic mass is 10.1. The number of hydrogen-bond acceptors (Lipinski definition) is 4. The highest BCUT2D eigenvalue weighted by Gasteiger charge is 2.22. The zero-order chi connectivity index (χ0) is 15.8. The third-order valence-electron chi connectivity index (χ3n) is 2.55. The highest BCUT2D eigenvalue weighted by molar-refractivity contribution is 7.18. The van der Waals surface area contributed by atoms with E-state index in [1.807, 2.05) is 0 Å². The number of carbonyl (C=O) groups is 1. The Morgan fingerprint density at radius 3 is 2.43 bits per heavy atom. The van der Waals surface area contributed by atoms with E-state index in [0.29, 0.717) is 10.4 Å². The lowest BCUT2D eigenvalue weighted by molar-refractivity contribution is 0.00764. The van der Waals surface area contributed by atoms with Crippen molar-refractivity contribution >= 4 is 23.0 Å². The van der Waals surface area contributed by atoms with E-state index in [4.69, 9.17) is 10.5 Å². The third-order valence-corrected chi connectivity index (χ3v) is 3.73. The van der Waals surface area contributed by atoms with Crippen molar-refractivity contribution in [3.8, 4) is 10.4 Å². The molecular weight excluding hydrogens is 296 g/mol. The van der Waals surface area contributed by atoms with E-state index in [2.05, 4.69) is 0 Å². The molecule has 2 N–H and O–H groups in total. The third kappa shape index (κ3) is 3.58. The molecule has 1 heterocycles. The molecule has 0 bridgehead atoms. The Bertz CT molecular complexity index is 689. The van der Waals surface area contributed by atoms with Gasteiger partial charge in [0.15, 0.2) is 11.6 Å². The summed E-state index contributed by atoms with van der Waals surface area (Å²) < 4.78 is 31.5. The molecule has 0 saturated carbocycles. The molecule has 0 fully saturated rings. The molecule has 2 aromatic rings. The van der Waals surface area contributed by atoms with Gasteiger partial charge in [0.05, 0.1) is 5.69 Å². The first-order valence-corrected chi connectivity index (χ1v) is 7.07. The second kappa shape index (κ2) is 5.44. The fourth-order valence-electron chi connectivity index (χ4n) is 1.68. The molecule has 0 unspecified atom stereocenters. The summed E-state index contributed by atoms with van der Waals surface area (Å²) in [5.74, 6) is -2.40. The average Bonchev–Trinajstić information content (AvgIpc) is 2.73. The molecule has 112 valence electrons. The fraction of sp³-hybridized carbons (Fsp3) is 0.267. The van der Waals surface area contributed by atoms with Gasteiger partial charge in [-0.05, 0) is 44.5 Å². The summed E-state index contributed by atoms with van der Waals surface area (Å²) in [5.41, 5.74) is 5.90. The van der Waals surface area contributed by atoms with Crippen molar-refractivity contribution in [1.29, 1.82) is 0 Å². The van der Waals surface area contributed by atoms with Crippen LogP contribution in [0, 0.1) is 11.6 Å². The fourth-order valence-corrected chi connectivity index (χ4v) is 2.63. The second-order valence-corrected chi connectivity index (χ2v) is 6.58. The highest BCUT2D eigenvalue weighted by atomic mass is 32.1. The van der Waals surface area contributed by atoms with Crippen LogP contribution in [0.4, 0.5) is 14.5 Å². The van der Waals surface area contributed by atoms with Gasteiger partial charge in [0.25, 0.3) is 0 Å². The van der Waals surface area contributed by atoms with Crippen LogP contribution in [0.3, 0.4) is 0 Å². The van der Waals surface area contributed by atoms with Gasteiger partial charge >= 0.3 is 5.97 Å². The zero-order valence-electron chi connectivity index (χ0n) is 11.9. The summed E-state index contributed by atoms with van der Waals surface area (Å²) in [6, 6.07) is 5.09. The van der Waals surface area contributed by atoms with E-state index in [1.54, 1.807) is 26.8 Å². The van der Waals surface area contributed by atoms with Gasteiger partial charge in [-0.1, -0.05) is 6.07 Å². The van der Waals surface area contributed by atoms with Crippen LogP contribution in [-0.4, -0.2) is 11.6 Å². The Labute approximate surface area is 125 Å². The summed E-state index contributed by atoms with van der Waals surface area (Å²) in [6.45, 7) is 5.26. The summed E-state index contributed by atoms with van der Waals surface area (Å²) in [4.78, 5) is 12.9. The van der Waals surface area contributed by atoms with E-state index in [1.165, 1.54) is 6.07 Å². The van der Waals surface area contributed by atoms with E-state index < -0.39 is 23.2 Å². The van der Waals surface area contributed by atoms with Crippen molar-refractivity contribution in [2.45, 2.75) is 26.4 Å². The molecule has 0 amide bonds. The first-order valence-electron chi connectivity index (χ1n) is 6.25. The summed E-state index contributed by atoms with van der Waals surface area (Å²) in [7, 11) is 0. The maximum absolute atomic E-state index is 13.3. The van der Waals surface area contributed by atoms with Gasteiger partial charge in [-0.25, -0.2) is 13.6 Å². The quantitative estimate of drug-likeness (QED) is 0.844. The zero-order valence-corrected chi connectivity index (χ0v) is 12.7. The number of nitrogens with two attached hydrogens (primary N) is 1. The Morgan fingerprint density at radius 1 is 1.19 bits per heavy atom. The molecule has 1 aromatic carbocycles. The number of nitrogen functional groups attached to an aromatic ring is 1. The van der Waals surface area contributed by atoms with Gasteiger partial charge in [0.1, 0.15) is 10.5 Å². The molecule has 6 heteroatoms. The molecule has 0 radical (unpaired) electrons. The number of thiophene rings is 1. The van der Waals surface area contributed by atoms with Crippen LogP contribution in [0.15, 0.2) is 24.3 Å². The average molecular weight is 311 g/mol. The first-order chi connectivity index (χ1) is 9.67. The number of carbonyl (C=O) groups excluding carboxylic acids is 1. The lowest BCUT2D eigenvalue weighted by Crippen LogP contribution is -2.23. The lowest BCUT2D eigenvalue weighted by Gasteiger charge is -2.18. The van der Waals surface area contributed by atoms with Crippen LogP contribution in [0.2, 0.25) is 0 Å².